The molecule has 1 N–H and O–H groups in total. The Kier molecular flexibility index (Phi) is 5.77. The summed E-state index contributed by atoms with van der Waals surface area (Å²) in [7, 11) is 0. The van der Waals surface area contributed by atoms with Gasteiger partial charge in [0.15, 0.2) is 0 Å². The zero-order valence-corrected chi connectivity index (χ0v) is 12.6. The highest BCUT2D eigenvalue weighted by molar-refractivity contribution is 5.93. The Morgan fingerprint density at radius 2 is 1.82 bits per heavy atom. The number of nitrogens with zero attached hydrogens (tertiary/aromatic N) is 1. The number of benzene rings is 1. The Balaban J connectivity index is 1.77. The molecule has 0 atom stereocenters. The van der Waals surface area contributed by atoms with Gasteiger partial charge < -0.3 is 14.6 Å². The number of amides is 1. The summed E-state index contributed by atoms with van der Waals surface area (Å²) < 4.78 is 6.95. The van der Waals surface area contributed by atoms with Crippen LogP contribution < -0.4 is 5.32 Å². The van der Waals surface area contributed by atoms with Crippen LogP contribution in [0.5, 0.6) is 0 Å². The first-order valence-corrected chi connectivity index (χ1v) is 7.37. The minimum Gasteiger partial charge on any atom is -0.462 e. The van der Waals surface area contributed by atoms with E-state index in [1.54, 1.807) is 31.2 Å². The fourth-order valence-corrected chi connectivity index (χ4v) is 2.07. The van der Waals surface area contributed by atoms with E-state index in [0.717, 1.165) is 13.0 Å². The molecule has 0 aliphatic rings. The van der Waals surface area contributed by atoms with Crippen LogP contribution in [0.4, 0.5) is 5.69 Å². The number of hydrogen-bond donors (Lipinski definition) is 1. The molecule has 0 spiro atoms. The molecular formula is C17H20N2O3. The molecule has 0 unspecified atom stereocenters. The largest absolute Gasteiger partial charge is 0.462 e. The van der Waals surface area contributed by atoms with Crippen LogP contribution in [0, 0.1) is 0 Å². The predicted octanol–water partition coefficient (Wildman–Crippen LogP) is 3.08. The van der Waals surface area contributed by atoms with E-state index >= 15 is 0 Å². The number of aryl methyl sites for hydroxylation is 1. The number of esters is 1. The lowest BCUT2D eigenvalue weighted by Crippen LogP contribution is -2.12. The lowest BCUT2D eigenvalue weighted by molar-refractivity contribution is -0.116. The number of anilines is 1. The van der Waals surface area contributed by atoms with Crippen molar-refractivity contribution in [3.05, 3.63) is 54.4 Å². The number of nitrogens with one attached hydrogen (secondary N) is 1. The summed E-state index contributed by atoms with van der Waals surface area (Å²) in [5, 5.41) is 2.82. The maximum Gasteiger partial charge on any atom is 0.338 e. The van der Waals surface area contributed by atoms with E-state index in [4.69, 9.17) is 4.74 Å². The molecule has 0 fully saturated rings. The van der Waals surface area contributed by atoms with Crippen LogP contribution in [-0.4, -0.2) is 23.1 Å². The van der Waals surface area contributed by atoms with Crippen LogP contribution in [0.2, 0.25) is 0 Å². The van der Waals surface area contributed by atoms with Crippen LogP contribution in [0.25, 0.3) is 0 Å². The molecule has 1 aromatic heterocycles. The summed E-state index contributed by atoms with van der Waals surface area (Å²) >= 11 is 0. The third-order valence-electron chi connectivity index (χ3n) is 3.17. The van der Waals surface area contributed by atoms with Crippen LogP contribution in [0.15, 0.2) is 48.8 Å². The first-order chi connectivity index (χ1) is 10.7. The van der Waals surface area contributed by atoms with Gasteiger partial charge in [0.2, 0.25) is 5.91 Å². The molecule has 116 valence electrons. The van der Waals surface area contributed by atoms with E-state index in [9.17, 15) is 9.59 Å². The van der Waals surface area contributed by atoms with Crippen molar-refractivity contribution in [2.24, 2.45) is 0 Å². The number of carbonyl (C=O) groups excluding carboxylic acids is 2. The number of hydrogen-bond acceptors (Lipinski definition) is 3. The molecule has 5 nitrogen and oxygen atoms in total. The van der Waals surface area contributed by atoms with Gasteiger partial charge >= 0.3 is 5.97 Å². The predicted molar refractivity (Wildman–Crippen MR) is 84.7 cm³/mol. The molecule has 0 aliphatic heterocycles. The van der Waals surface area contributed by atoms with E-state index in [1.165, 1.54) is 0 Å². The van der Waals surface area contributed by atoms with Crippen molar-refractivity contribution in [2.75, 3.05) is 11.9 Å². The van der Waals surface area contributed by atoms with Gasteiger partial charge in [0.25, 0.3) is 0 Å². The molecule has 0 saturated carbocycles. The van der Waals surface area contributed by atoms with E-state index in [0.29, 0.717) is 24.3 Å². The van der Waals surface area contributed by atoms with E-state index < -0.39 is 0 Å². The van der Waals surface area contributed by atoms with E-state index in [1.807, 2.05) is 29.1 Å². The molecule has 5 heteroatoms. The average molecular weight is 300 g/mol. The Labute approximate surface area is 129 Å². The third kappa shape index (κ3) is 4.77. The minimum atomic E-state index is -0.355. The smallest absolute Gasteiger partial charge is 0.338 e. The second-order valence-corrected chi connectivity index (χ2v) is 4.87. The lowest BCUT2D eigenvalue weighted by Gasteiger charge is -2.07. The molecule has 1 aromatic carbocycles. The second kappa shape index (κ2) is 8.02. The number of carbonyl (C=O) groups is 2. The number of ether oxygens (including phenoxy) is 1. The zero-order chi connectivity index (χ0) is 15.8. The van der Waals surface area contributed by atoms with Crippen molar-refractivity contribution in [3.8, 4) is 0 Å². The van der Waals surface area contributed by atoms with Gasteiger partial charge in [-0.25, -0.2) is 4.79 Å². The summed E-state index contributed by atoms with van der Waals surface area (Å²) in [5.74, 6) is -0.386. The molecule has 0 saturated heterocycles. The number of aromatic nitrogens is 1. The molecule has 22 heavy (non-hydrogen) atoms. The maximum absolute atomic E-state index is 11.9. The van der Waals surface area contributed by atoms with Gasteiger partial charge in [0.1, 0.15) is 0 Å². The van der Waals surface area contributed by atoms with Crippen LogP contribution in [0.3, 0.4) is 0 Å². The average Bonchev–Trinajstić information content (AvgIpc) is 3.01. The molecule has 1 heterocycles. The highest BCUT2D eigenvalue weighted by atomic mass is 16.5. The summed E-state index contributed by atoms with van der Waals surface area (Å²) in [6.45, 7) is 2.93. The van der Waals surface area contributed by atoms with Crippen molar-refractivity contribution in [1.82, 2.24) is 4.57 Å². The monoisotopic (exact) mass is 300 g/mol. The van der Waals surface area contributed by atoms with Gasteiger partial charge in [-0.3, -0.25) is 4.79 Å². The molecule has 0 radical (unpaired) electrons. The minimum absolute atomic E-state index is 0.0314. The first-order valence-electron chi connectivity index (χ1n) is 7.37. The fourth-order valence-electron chi connectivity index (χ4n) is 2.07. The summed E-state index contributed by atoms with van der Waals surface area (Å²) in [6.07, 6.45) is 5.19. The summed E-state index contributed by atoms with van der Waals surface area (Å²) in [5.41, 5.74) is 1.16. The second-order valence-electron chi connectivity index (χ2n) is 4.87. The molecule has 1 amide bonds. The highest BCUT2D eigenvalue weighted by Gasteiger charge is 2.07. The molecule has 2 aromatic rings. The third-order valence-corrected chi connectivity index (χ3v) is 3.17. The van der Waals surface area contributed by atoms with E-state index in [-0.39, 0.29) is 11.9 Å². The normalized spacial score (nSPS) is 10.2. The van der Waals surface area contributed by atoms with Gasteiger partial charge in [-0.05, 0) is 49.7 Å². The standard InChI is InChI=1S/C17H20N2O3/c1-2-22-17(21)14-7-9-15(10-8-14)18-16(20)6-5-13-19-11-3-4-12-19/h3-4,7-12H,2,5-6,13H2,1H3,(H,18,20). The topological polar surface area (TPSA) is 60.3 Å². The number of rotatable bonds is 7. The molecule has 0 bridgehead atoms. The van der Waals surface area contributed by atoms with Crippen molar-refractivity contribution in [2.45, 2.75) is 26.3 Å². The Morgan fingerprint density at radius 3 is 2.45 bits per heavy atom. The van der Waals surface area contributed by atoms with Crippen molar-refractivity contribution >= 4 is 17.6 Å². The Morgan fingerprint density at radius 1 is 1.14 bits per heavy atom. The van der Waals surface area contributed by atoms with Crippen LogP contribution in [0.1, 0.15) is 30.1 Å². The lowest BCUT2D eigenvalue weighted by atomic mass is 10.2. The molecule has 0 aliphatic carbocycles. The Hall–Kier alpha value is -2.56. The quantitative estimate of drug-likeness (QED) is 0.799. The fraction of sp³-hybridized carbons (Fsp3) is 0.294. The van der Waals surface area contributed by atoms with Gasteiger partial charge in [-0.2, -0.15) is 0 Å². The SMILES string of the molecule is CCOC(=O)c1ccc(NC(=O)CCCn2cccc2)cc1. The van der Waals surface area contributed by atoms with Crippen LogP contribution >= 0.6 is 0 Å². The summed E-state index contributed by atoms with van der Waals surface area (Å²) in [6, 6.07) is 10.6. The maximum atomic E-state index is 11.9. The summed E-state index contributed by atoms with van der Waals surface area (Å²) in [4.78, 5) is 23.4. The van der Waals surface area contributed by atoms with Gasteiger partial charge in [-0.15, -0.1) is 0 Å². The highest BCUT2D eigenvalue weighted by Crippen LogP contribution is 2.11. The van der Waals surface area contributed by atoms with Crippen LogP contribution in [-0.2, 0) is 16.1 Å². The van der Waals surface area contributed by atoms with Gasteiger partial charge in [-0.1, -0.05) is 0 Å². The van der Waals surface area contributed by atoms with Crippen molar-refractivity contribution < 1.29 is 14.3 Å². The van der Waals surface area contributed by atoms with Gasteiger partial charge in [0.05, 0.1) is 12.2 Å². The van der Waals surface area contributed by atoms with Crippen molar-refractivity contribution in [3.63, 3.8) is 0 Å². The zero-order valence-electron chi connectivity index (χ0n) is 12.6. The molecular weight excluding hydrogens is 280 g/mol. The van der Waals surface area contributed by atoms with E-state index in [2.05, 4.69) is 5.32 Å². The Bertz CT molecular complexity index is 603. The molecule has 2 rings (SSSR count). The first kappa shape index (κ1) is 15.8. The van der Waals surface area contributed by atoms with Crippen molar-refractivity contribution in [1.29, 1.82) is 0 Å². The van der Waals surface area contributed by atoms with Gasteiger partial charge in [0, 0.05) is 31.0 Å².